The van der Waals surface area contributed by atoms with E-state index in [2.05, 4.69) is 50.5 Å². The molecule has 142 valence electrons. The summed E-state index contributed by atoms with van der Waals surface area (Å²) in [7, 11) is 3.77. The summed E-state index contributed by atoms with van der Waals surface area (Å²) in [6.45, 7) is 4.75. The molecule has 0 bridgehead atoms. The maximum atomic E-state index is 12.6. The number of nitrogens with one attached hydrogen (secondary N) is 1. The molecule has 1 N–H and O–H groups in total. The Labute approximate surface area is 160 Å². The Kier molecular flexibility index (Phi) is 4.94. The second kappa shape index (κ2) is 7.52. The first kappa shape index (κ1) is 17.7. The molecule has 0 aliphatic carbocycles. The van der Waals surface area contributed by atoms with Crippen LogP contribution in [0.15, 0.2) is 42.7 Å². The fraction of sp³-hybridized carbons (Fsp3) is 0.450. The van der Waals surface area contributed by atoms with Crippen molar-refractivity contribution in [2.75, 3.05) is 50.5 Å². The summed E-state index contributed by atoms with van der Waals surface area (Å²) in [4.78, 5) is 27.3. The summed E-state index contributed by atoms with van der Waals surface area (Å²) in [5.74, 6) is 1.75. The summed E-state index contributed by atoms with van der Waals surface area (Å²) in [5, 5.41) is 2.92. The van der Waals surface area contributed by atoms with Crippen LogP contribution >= 0.6 is 0 Å². The van der Waals surface area contributed by atoms with Gasteiger partial charge in [-0.2, -0.15) is 0 Å². The number of rotatable bonds is 4. The quantitative estimate of drug-likeness (QED) is 0.898. The zero-order chi connectivity index (χ0) is 18.8. The molecule has 27 heavy (non-hydrogen) atoms. The zero-order valence-electron chi connectivity index (χ0n) is 15.9. The van der Waals surface area contributed by atoms with Crippen molar-refractivity contribution in [3.8, 4) is 0 Å². The van der Waals surface area contributed by atoms with Gasteiger partial charge in [0.05, 0.1) is 18.1 Å². The molecule has 2 aliphatic heterocycles. The third kappa shape index (κ3) is 4.03. The number of fused-ring (bicyclic) bond motifs is 1. The lowest BCUT2D eigenvalue weighted by molar-refractivity contribution is 0.212. The molecule has 2 saturated heterocycles. The van der Waals surface area contributed by atoms with Crippen LogP contribution in [0, 0.1) is 11.8 Å². The normalized spacial score (nSPS) is 21.9. The van der Waals surface area contributed by atoms with Crippen LogP contribution in [0.4, 0.5) is 16.4 Å². The number of likely N-dealkylation sites (tertiary alicyclic amines) is 2. The lowest BCUT2D eigenvalue weighted by Gasteiger charge is -2.22. The predicted molar refractivity (Wildman–Crippen MR) is 106 cm³/mol. The van der Waals surface area contributed by atoms with E-state index in [9.17, 15) is 4.79 Å². The number of hydrogen-bond acceptors (Lipinski definition) is 5. The van der Waals surface area contributed by atoms with E-state index in [-0.39, 0.29) is 6.03 Å². The molecule has 0 saturated carbocycles. The Morgan fingerprint density at radius 2 is 1.70 bits per heavy atom. The Bertz CT molecular complexity index is 765. The van der Waals surface area contributed by atoms with Crippen molar-refractivity contribution in [2.24, 2.45) is 11.8 Å². The van der Waals surface area contributed by atoms with Gasteiger partial charge in [0.1, 0.15) is 0 Å². The largest absolute Gasteiger partial charge is 0.347 e. The van der Waals surface area contributed by atoms with Crippen LogP contribution in [-0.4, -0.2) is 66.1 Å². The monoisotopic (exact) mass is 366 g/mol. The molecule has 2 amide bonds. The third-order valence-corrected chi connectivity index (χ3v) is 5.39. The van der Waals surface area contributed by atoms with Crippen molar-refractivity contribution in [2.45, 2.75) is 6.54 Å². The standard InChI is InChI=1S/C20H26N6O/c1-24(2)19-21-8-18(9-22-19)23-20(27)26-13-16-11-25(12-17(16)14-26)10-15-6-4-3-5-7-15/h3-9,16-17H,10-14H2,1-2H3,(H,23,27)/t16-,17+. The highest BCUT2D eigenvalue weighted by atomic mass is 16.2. The molecule has 1 aromatic carbocycles. The van der Waals surface area contributed by atoms with Gasteiger partial charge in [0.2, 0.25) is 5.95 Å². The summed E-state index contributed by atoms with van der Waals surface area (Å²) in [6.07, 6.45) is 3.30. The van der Waals surface area contributed by atoms with Crippen LogP contribution < -0.4 is 10.2 Å². The van der Waals surface area contributed by atoms with Crippen molar-refractivity contribution in [3.63, 3.8) is 0 Å². The van der Waals surface area contributed by atoms with Gasteiger partial charge in [0.15, 0.2) is 0 Å². The summed E-state index contributed by atoms with van der Waals surface area (Å²) >= 11 is 0. The van der Waals surface area contributed by atoms with Gasteiger partial charge in [-0.3, -0.25) is 4.90 Å². The van der Waals surface area contributed by atoms with E-state index in [1.54, 1.807) is 12.4 Å². The van der Waals surface area contributed by atoms with E-state index < -0.39 is 0 Å². The highest BCUT2D eigenvalue weighted by molar-refractivity contribution is 5.89. The maximum Gasteiger partial charge on any atom is 0.321 e. The highest BCUT2D eigenvalue weighted by Gasteiger charge is 2.41. The zero-order valence-corrected chi connectivity index (χ0v) is 15.9. The molecule has 4 rings (SSSR count). The van der Waals surface area contributed by atoms with Crippen molar-refractivity contribution in [3.05, 3.63) is 48.3 Å². The summed E-state index contributed by atoms with van der Waals surface area (Å²) in [5.41, 5.74) is 1.99. The van der Waals surface area contributed by atoms with Crippen LogP contribution in [-0.2, 0) is 6.54 Å². The molecule has 0 radical (unpaired) electrons. The van der Waals surface area contributed by atoms with Crippen LogP contribution in [0.3, 0.4) is 0 Å². The first-order valence-electron chi connectivity index (χ1n) is 9.40. The Morgan fingerprint density at radius 3 is 2.30 bits per heavy atom. The SMILES string of the molecule is CN(C)c1ncc(NC(=O)N2C[C@H]3CN(Cc4ccccc4)C[C@H]3C2)cn1. The van der Waals surface area contributed by atoms with Gasteiger partial charge >= 0.3 is 6.03 Å². The second-order valence-electron chi connectivity index (χ2n) is 7.70. The van der Waals surface area contributed by atoms with Crippen molar-refractivity contribution < 1.29 is 4.79 Å². The molecule has 7 nitrogen and oxygen atoms in total. The van der Waals surface area contributed by atoms with Crippen LogP contribution in [0.1, 0.15) is 5.56 Å². The van der Waals surface area contributed by atoms with E-state index in [1.807, 2.05) is 23.9 Å². The average Bonchev–Trinajstić information content (AvgIpc) is 3.21. The molecule has 2 aromatic rings. The maximum absolute atomic E-state index is 12.6. The molecule has 1 aromatic heterocycles. The number of aromatic nitrogens is 2. The molecular weight excluding hydrogens is 340 g/mol. The molecule has 2 fully saturated rings. The van der Waals surface area contributed by atoms with Crippen molar-refractivity contribution in [1.82, 2.24) is 19.8 Å². The third-order valence-electron chi connectivity index (χ3n) is 5.39. The average molecular weight is 366 g/mol. The van der Waals surface area contributed by atoms with Gasteiger partial charge in [0.25, 0.3) is 0 Å². The lowest BCUT2D eigenvalue weighted by atomic mass is 10.0. The number of anilines is 2. The summed E-state index contributed by atoms with van der Waals surface area (Å²) < 4.78 is 0. The smallest absolute Gasteiger partial charge is 0.321 e. The van der Waals surface area contributed by atoms with E-state index in [0.717, 1.165) is 32.7 Å². The lowest BCUT2D eigenvalue weighted by Crippen LogP contribution is -2.36. The van der Waals surface area contributed by atoms with E-state index in [4.69, 9.17) is 0 Å². The number of benzene rings is 1. The number of nitrogens with zero attached hydrogens (tertiary/aromatic N) is 5. The van der Waals surface area contributed by atoms with E-state index >= 15 is 0 Å². The van der Waals surface area contributed by atoms with Crippen molar-refractivity contribution >= 4 is 17.7 Å². The molecule has 2 atom stereocenters. The van der Waals surface area contributed by atoms with Crippen LogP contribution in [0.5, 0.6) is 0 Å². The van der Waals surface area contributed by atoms with Gasteiger partial charge in [-0.1, -0.05) is 30.3 Å². The molecule has 2 aliphatic rings. The minimum absolute atomic E-state index is 0.0554. The topological polar surface area (TPSA) is 64.6 Å². The highest BCUT2D eigenvalue weighted by Crippen LogP contribution is 2.32. The van der Waals surface area contributed by atoms with Crippen LogP contribution in [0.25, 0.3) is 0 Å². The van der Waals surface area contributed by atoms with Gasteiger partial charge in [0, 0.05) is 46.8 Å². The van der Waals surface area contributed by atoms with Gasteiger partial charge < -0.3 is 15.1 Å². The molecule has 3 heterocycles. The minimum atomic E-state index is -0.0554. The summed E-state index contributed by atoms with van der Waals surface area (Å²) in [6, 6.07) is 10.5. The number of hydrogen-bond donors (Lipinski definition) is 1. The van der Waals surface area contributed by atoms with Gasteiger partial charge in [-0.15, -0.1) is 0 Å². The fourth-order valence-corrected chi connectivity index (χ4v) is 4.05. The second-order valence-corrected chi connectivity index (χ2v) is 7.70. The predicted octanol–water partition coefficient (Wildman–Crippen LogP) is 2.14. The first-order chi connectivity index (χ1) is 13.1. The number of amides is 2. The molecular formula is C20H26N6O. The fourth-order valence-electron chi connectivity index (χ4n) is 4.05. The number of urea groups is 1. The van der Waals surface area contributed by atoms with E-state index in [0.29, 0.717) is 23.5 Å². The van der Waals surface area contributed by atoms with Crippen molar-refractivity contribution in [1.29, 1.82) is 0 Å². The minimum Gasteiger partial charge on any atom is -0.347 e. The van der Waals surface area contributed by atoms with Gasteiger partial charge in [-0.05, 0) is 17.4 Å². The Balaban J connectivity index is 1.29. The first-order valence-corrected chi connectivity index (χ1v) is 9.40. The molecule has 7 heteroatoms. The number of carbonyl (C=O) groups excluding carboxylic acids is 1. The van der Waals surface area contributed by atoms with E-state index in [1.165, 1.54) is 5.56 Å². The Morgan fingerprint density at radius 1 is 1.07 bits per heavy atom. The van der Waals surface area contributed by atoms with Crippen LogP contribution in [0.2, 0.25) is 0 Å². The molecule has 0 unspecified atom stereocenters. The Hall–Kier alpha value is -2.67. The molecule has 0 spiro atoms. The van der Waals surface area contributed by atoms with Gasteiger partial charge in [-0.25, -0.2) is 14.8 Å². The number of carbonyl (C=O) groups is 1.